The lowest BCUT2D eigenvalue weighted by Gasteiger charge is -2.04. The van der Waals surface area contributed by atoms with Gasteiger partial charge in [-0.05, 0) is 37.1 Å². The van der Waals surface area contributed by atoms with Crippen molar-refractivity contribution in [1.29, 1.82) is 0 Å². The van der Waals surface area contributed by atoms with Crippen LogP contribution in [0.15, 0.2) is 41.0 Å². The molecule has 0 radical (unpaired) electrons. The molecule has 0 atom stereocenters. The summed E-state index contributed by atoms with van der Waals surface area (Å²) in [5.41, 5.74) is 2.35. The van der Waals surface area contributed by atoms with Gasteiger partial charge in [0.25, 0.3) is 5.69 Å². The lowest BCUT2D eigenvalue weighted by atomic mass is 10.1. The lowest BCUT2D eigenvalue weighted by molar-refractivity contribution is -0.384. The Bertz CT molecular complexity index is 546. The van der Waals surface area contributed by atoms with Gasteiger partial charge >= 0.3 is 0 Å². The third kappa shape index (κ3) is 3.66. The van der Waals surface area contributed by atoms with Crippen LogP contribution < -0.4 is 5.32 Å². The van der Waals surface area contributed by atoms with Gasteiger partial charge in [0.2, 0.25) is 0 Å². The van der Waals surface area contributed by atoms with Gasteiger partial charge in [-0.25, -0.2) is 0 Å². The van der Waals surface area contributed by atoms with Gasteiger partial charge < -0.3 is 9.73 Å². The Morgan fingerprint density at radius 1 is 1.26 bits per heavy atom. The summed E-state index contributed by atoms with van der Waals surface area (Å²) in [6.45, 7) is 3.51. The SMILES string of the molecule is Cc1ccoc1CNCCc1ccc([N+](=O)[O-])cc1. The van der Waals surface area contributed by atoms with Crippen molar-refractivity contribution < 1.29 is 9.34 Å². The zero-order valence-electron chi connectivity index (χ0n) is 10.8. The van der Waals surface area contributed by atoms with Gasteiger partial charge in [0, 0.05) is 12.1 Å². The number of benzene rings is 1. The summed E-state index contributed by atoms with van der Waals surface area (Å²) in [6, 6.07) is 8.58. The standard InChI is InChI=1S/C14H16N2O3/c1-11-7-9-19-14(11)10-15-8-6-12-2-4-13(5-3-12)16(17)18/h2-5,7,9,15H,6,8,10H2,1H3. The predicted octanol–water partition coefficient (Wildman–Crippen LogP) is 2.83. The van der Waals surface area contributed by atoms with Crippen LogP contribution in [0, 0.1) is 17.0 Å². The fraction of sp³-hybridized carbons (Fsp3) is 0.286. The Labute approximate surface area is 111 Å². The van der Waals surface area contributed by atoms with E-state index in [0.29, 0.717) is 6.54 Å². The molecule has 1 aromatic heterocycles. The highest BCUT2D eigenvalue weighted by Crippen LogP contribution is 2.12. The molecule has 100 valence electrons. The minimum absolute atomic E-state index is 0.128. The molecule has 0 saturated carbocycles. The van der Waals surface area contributed by atoms with E-state index in [1.807, 2.05) is 13.0 Å². The van der Waals surface area contributed by atoms with E-state index in [1.165, 1.54) is 12.1 Å². The Balaban J connectivity index is 1.76. The van der Waals surface area contributed by atoms with Crippen molar-refractivity contribution in [3.8, 4) is 0 Å². The third-order valence-electron chi connectivity index (χ3n) is 2.99. The molecule has 0 fully saturated rings. The monoisotopic (exact) mass is 260 g/mol. The second-order valence-corrected chi connectivity index (χ2v) is 4.38. The van der Waals surface area contributed by atoms with Crippen molar-refractivity contribution >= 4 is 5.69 Å². The minimum Gasteiger partial charge on any atom is -0.468 e. The molecule has 5 heteroatoms. The average Bonchev–Trinajstić information content (AvgIpc) is 2.81. The number of nitrogens with one attached hydrogen (secondary N) is 1. The fourth-order valence-corrected chi connectivity index (χ4v) is 1.80. The largest absolute Gasteiger partial charge is 0.468 e. The highest BCUT2D eigenvalue weighted by atomic mass is 16.6. The van der Waals surface area contributed by atoms with Gasteiger partial charge in [0.15, 0.2) is 0 Å². The Morgan fingerprint density at radius 2 is 2.00 bits per heavy atom. The molecule has 2 aromatic rings. The summed E-state index contributed by atoms with van der Waals surface area (Å²) >= 11 is 0. The van der Waals surface area contributed by atoms with Crippen molar-refractivity contribution in [1.82, 2.24) is 5.32 Å². The summed E-state index contributed by atoms with van der Waals surface area (Å²) in [4.78, 5) is 10.1. The van der Waals surface area contributed by atoms with Crippen LogP contribution in [-0.2, 0) is 13.0 Å². The molecule has 0 spiro atoms. The highest BCUT2D eigenvalue weighted by molar-refractivity contribution is 5.32. The van der Waals surface area contributed by atoms with E-state index in [4.69, 9.17) is 4.42 Å². The zero-order valence-corrected chi connectivity index (χ0v) is 10.8. The molecule has 0 unspecified atom stereocenters. The number of furan rings is 1. The van der Waals surface area contributed by atoms with Crippen LogP contribution in [0.2, 0.25) is 0 Å². The first-order valence-electron chi connectivity index (χ1n) is 6.14. The maximum atomic E-state index is 10.5. The summed E-state index contributed by atoms with van der Waals surface area (Å²) in [5, 5.41) is 13.8. The first-order valence-corrected chi connectivity index (χ1v) is 6.14. The molecular formula is C14H16N2O3. The van der Waals surface area contributed by atoms with Gasteiger partial charge in [-0.2, -0.15) is 0 Å². The van der Waals surface area contributed by atoms with Crippen molar-refractivity contribution in [3.05, 3.63) is 63.6 Å². The van der Waals surface area contributed by atoms with E-state index in [-0.39, 0.29) is 10.6 Å². The van der Waals surface area contributed by atoms with Crippen LogP contribution in [0.1, 0.15) is 16.9 Å². The van der Waals surface area contributed by atoms with Crippen LogP contribution >= 0.6 is 0 Å². The van der Waals surface area contributed by atoms with E-state index in [9.17, 15) is 10.1 Å². The zero-order chi connectivity index (χ0) is 13.7. The van der Waals surface area contributed by atoms with Gasteiger partial charge in [-0.3, -0.25) is 10.1 Å². The number of rotatable bonds is 6. The van der Waals surface area contributed by atoms with Crippen LogP contribution in [0.3, 0.4) is 0 Å². The fourth-order valence-electron chi connectivity index (χ4n) is 1.80. The van der Waals surface area contributed by atoms with Crippen molar-refractivity contribution in [3.63, 3.8) is 0 Å². The van der Waals surface area contributed by atoms with Gasteiger partial charge in [-0.15, -0.1) is 0 Å². The second-order valence-electron chi connectivity index (χ2n) is 4.38. The third-order valence-corrected chi connectivity index (χ3v) is 2.99. The molecule has 0 aliphatic rings. The molecule has 0 saturated heterocycles. The molecule has 5 nitrogen and oxygen atoms in total. The molecule has 0 amide bonds. The van der Waals surface area contributed by atoms with E-state index in [0.717, 1.165) is 29.9 Å². The summed E-state index contributed by atoms with van der Waals surface area (Å²) in [7, 11) is 0. The number of hydrogen-bond acceptors (Lipinski definition) is 4. The van der Waals surface area contributed by atoms with Crippen molar-refractivity contribution in [2.45, 2.75) is 19.9 Å². The Morgan fingerprint density at radius 3 is 2.58 bits per heavy atom. The van der Waals surface area contributed by atoms with Crippen LogP contribution in [0.5, 0.6) is 0 Å². The number of aryl methyl sites for hydroxylation is 1. The Kier molecular flexibility index (Phi) is 4.30. The smallest absolute Gasteiger partial charge is 0.269 e. The number of hydrogen-bond donors (Lipinski definition) is 1. The van der Waals surface area contributed by atoms with Crippen LogP contribution in [0.25, 0.3) is 0 Å². The maximum absolute atomic E-state index is 10.5. The molecule has 0 aliphatic carbocycles. The van der Waals surface area contributed by atoms with Crippen LogP contribution in [-0.4, -0.2) is 11.5 Å². The van der Waals surface area contributed by atoms with Gasteiger partial charge in [-0.1, -0.05) is 12.1 Å². The summed E-state index contributed by atoms with van der Waals surface area (Å²) in [6.07, 6.45) is 2.51. The first kappa shape index (κ1) is 13.3. The maximum Gasteiger partial charge on any atom is 0.269 e. The molecule has 19 heavy (non-hydrogen) atoms. The van der Waals surface area contributed by atoms with Gasteiger partial charge in [0.05, 0.1) is 17.7 Å². The van der Waals surface area contributed by atoms with Crippen LogP contribution in [0.4, 0.5) is 5.69 Å². The van der Waals surface area contributed by atoms with E-state index >= 15 is 0 Å². The molecule has 1 N–H and O–H groups in total. The molecule has 1 heterocycles. The summed E-state index contributed by atoms with van der Waals surface area (Å²) in [5.74, 6) is 0.948. The predicted molar refractivity (Wildman–Crippen MR) is 72.0 cm³/mol. The van der Waals surface area contributed by atoms with E-state index < -0.39 is 0 Å². The number of non-ortho nitro benzene ring substituents is 1. The molecule has 0 bridgehead atoms. The van der Waals surface area contributed by atoms with E-state index in [2.05, 4.69) is 5.32 Å². The highest BCUT2D eigenvalue weighted by Gasteiger charge is 2.04. The topological polar surface area (TPSA) is 68.3 Å². The molecule has 0 aliphatic heterocycles. The number of nitro benzene ring substituents is 1. The lowest BCUT2D eigenvalue weighted by Crippen LogP contribution is -2.16. The van der Waals surface area contributed by atoms with Gasteiger partial charge in [0.1, 0.15) is 5.76 Å². The first-order chi connectivity index (χ1) is 9.16. The molecular weight excluding hydrogens is 244 g/mol. The van der Waals surface area contributed by atoms with Crippen molar-refractivity contribution in [2.24, 2.45) is 0 Å². The molecule has 1 aromatic carbocycles. The van der Waals surface area contributed by atoms with Crippen molar-refractivity contribution in [2.75, 3.05) is 6.54 Å². The Hall–Kier alpha value is -2.14. The number of nitro groups is 1. The second kappa shape index (κ2) is 6.15. The average molecular weight is 260 g/mol. The quantitative estimate of drug-likeness (QED) is 0.492. The normalized spacial score (nSPS) is 10.6. The summed E-state index contributed by atoms with van der Waals surface area (Å²) < 4.78 is 5.32. The number of nitrogens with zero attached hydrogens (tertiary/aromatic N) is 1. The molecule has 2 rings (SSSR count). The van der Waals surface area contributed by atoms with E-state index in [1.54, 1.807) is 18.4 Å². The minimum atomic E-state index is -0.387.